The quantitative estimate of drug-likeness (QED) is 0.600. The molecule has 0 aliphatic heterocycles. The van der Waals surface area contributed by atoms with Crippen molar-refractivity contribution < 1.29 is 9.59 Å². The Morgan fingerprint density at radius 1 is 1.19 bits per heavy atom. The number of amides is 2. The van der Waals surface area contributed by atoms with Crippen molar-refractivity contribution in [1.29, 1.82) is 0 Å². The summed E-state index contributed by atoms with van der Waals surface area (Å²) in [7, 11) is 0. The fraction of sp³-hybridized carbons (Fsp3) is 0.100. The molecule has 0 spiro atoms. The van der Waals surface area contributed by atoms with Crippen molar-refractivity contribution in [1.82, 2.24) is 5.32 Å². The first kappa shape index (κ1) is 19.6. The largest absolute Gasteiger partial charge is 0.348 e. The lowest BCUT2D eigenvalue weighted by Gasteiger charge is -2.18. The molecule has 4 nitrogen and oxygen atoms in total. The molecule has 0 aromatic heterocycles. The topological polar surface area (TPSA) is 49.4 Å². The molecule has 0 saturated heterocycles. The molecule has 0 unspecified atom stereocenters. The third kappa shape index (κ3) is 4.89. The standard InChI is InChI=1S/C20H16Cl2N2O2/c1-3-11-24(19(25)4-2)17-9-6-14(7-10-17)20(26)23-13-15-5-8-16(21)12-18(15)22/h1,4-10,12H,2,11,13H2,(H,23,26). The van der Waals surface area contributed by atoms with E-state index in [0.29, 0.717) is 21.3 Å². The van der Waals surface area contributed by atoms with Crippen LogP contribution in [0, 0.1) is 12.3 Å². The average Bonchev–Trinajstić information content (AvgIpc) is 2.64. The summed E-state index contributed by atoms with van der Waals surface area (Å²) < 4.78 is 0. The normalized spacial score (nSPS) is 9.88. The Balaban J connectivity index is 2.07. The van der Waals surface area contributed by atoms with Crippen LogP contribution in [0.4, 0.5) is 5.69 Å². The molecule has 2 amide bonds. The van der Waals surface area contributed by atoms with Crippen molar-refractivity contribution in [3.8, 4) is 12.3 Å². The summed E-state index contributed by atoms with van der Waals surface area (Å²) in [6, 6.07) is 11.6. The Morgan fingerprint density at radius 3 is 2.46 bits per heavy atom. The number of terminal acetylenes is 1. The summed E-state index contributed by atoms with van der Waals surface area (Å²) in [4.78, 5) is 25.5. The highest BCUT2D eigenvalue weighted by molar-refractivity contribution is 6.35. The molecular weight excluding hydrogens is 371 g/mol. The summed E-state index contributed by atoms with van der Waals surface area (Å²) in [5.41, 5.74) is 1.80. The Kier molecular flexibility index (Phi) is 6.85. The van der Waals surface area contributed by atoms with Gasteiger partial charge in [0.25, 0.3) is 11.8 Å². The number of nitrogens with zero attached hydrogens (tertiary/aromatic N) is 1. The molecule has 0 aliphatic carbocycles. The zero-order valence-electron chi connectivity index (χ0n) is 13.8. The van der Waals surface area contributed by atoms with Gasteiger partial charge in [0.1, 0.15) is 0 Å². The van der Waals surface area contributed by atoms with Crippen LogP contribution in [-0.4, -0.2) is 18.4 Å². The van der Waals surface area contributed by atoms with Gasteiger partial charge in [-0.1, -0.05) is 41.8 Å². The second-order valence-corrected chi connectivity index (χ2v) is 6.14. The van der Waals surface area contributed by atoms with Gasteiger partial charge in [-0.05, 0) is 48.0 Å². The van der Waals surface area contributed by atoms with Gasteiger partial charge in [-0.3, -0.25) is 14.5 Å². The molecule has 2 rings (SSSR count). The van der Waals surface area contributed by atoms with Crippen LogP contribution in [0.2, 0.25) is 10.0 Å². The van der Waals surface area contributed by atoms with E-state index in [1.165, 1.54) is 11.0 Å². The van der Waals surface area contributed by atoms with Gasteiger partial charge in [-0.2, -0.15) is 0 Å². The minimum Gasteiger partial charge on any atom is -0.348 e. The van der Waals surface area contributed by atoms with E-state index < -0.39 is 0 Å². The fourth-order valence-electron chi connectivity index (χ4n) is 2.23. The molecule has 0 atom stereocenters. The van der Waals surface area contributed by atoms with E-state index in [1.54, 1.807) is 42.5 Å². The molecule has 132 valence electrons. The van der Waals surface area contributed by atoms with Crippen molar-refractivity contribution in [3.05, 3.63) is 76.3 Å². The van der Waals surface area contributed by atoms with E-state index in [2.05, 4.69) is 17.8 Å². The molecule has 0 fully saturated rings. The first-order valence-corrected chi connectivity index (χ1v) is 8.41. The number of nitrogens with one attached hydrogen (secondary N) is 1. The fourth-order valence-corrected chi connectivity index (χ4v) is 2.71. The summed E-state index contributed by atoms with van der Waals surface area (Å²) in [6.45, 7) is 3.85. The number of carbonyl (C=O) groups excluding carboxylic acids is 2. The lowest BCUT2D eigenvalue weighted by atomic mass is 10.1. The second kappa shape index (κ2) is 9.10. The maximum atomic E-state index is 12.3. The minimum atomic E-state index is -0.308. The number of benzene rings is 2. The van der Waals surface area contributed by atoms with Crippen molar-refractivity contribution in [2.24, 2.45) is 0 Å². The molecule has 2 aromatic rings. The smallest absolute Gasteiger partial charge is 0.251 e. The zero-order chi connectivity index (χ0) is 19.1. The highest BCUT2D eigenvalue weighted by Gasteiger charge is 2.13. The van der Waals surface area contributed by atoms with Gasteiger partial charge in [0.15, 0.2) is 0 Å². The number of hydrogen-bond acceptors (Lipinski definition) is 2. The molecule has 6 heteroatoms. The predicted molar refractivity (Wildman–Crippen MR) is 105 cm³/mol. The van der Waals surface area contributed by atoms with Crippen molar-refractivity contribution in [2.75, 3.05) is 11.4 Å². The van der Waals surface area contributed by atoms with Crippen LogP contribution >= 0.6 is 23.2 Å². The highest BCUT2D eigenvalue weighted by Crippen LogP contribution is 2.21. The Hall–Kier alpha value is -2.74. The molecule has 0 saturated carbocycles. The lowest BCUT2D eigenvalue weighted by molar-refractivity contribution is -0.114. The predicted octanol–water partition coefficient (Wildman–Crippen LogP) is 4.08. The van der Waals surface area contributed by atoms with Crippen LogP contribution < -0.4 is 10.2 Å². The first-order chi connectivity index (χ1) is 12.5. The number of halogens is 2. The summed E-state index contributed by atoms with van der Waals surface area (Å²) in [5, 5.41) is 3.81. The van der Waals surface area contributed by atoms with E-state index in [4.69, 9.17) is 29.6 Å². The van der Waals surface area contributed by atoms with E-state index in [9.17, 15) is 9.59 Å². The van der Waals surface area contributed by atoms with Gasteiger partial charge >= 0.3 is 0 Å². The van der Waals surface area contributed by atoms with Crippen LogP contribution in [0.3, 0.4) is 0 Å². The minimum absolute atomic E-state index is 0.117. The Morgan fingerprint density at radius 2 is 1.88 bits per heavy atom. The van der Waals surface area contributed by atoms with Crippen LogP contribution in [0.5, 0.6) is 0 Å². The molecule has 2 aromatic carbocycles. The van der Waals surface area contributed by atoms with E-state index in [1.807, 2.05) is 0 Å². The van der Waals surface area contributed by atoms with Gasteiger partial charge < -0.3 is 5.32 Å². The van der Waals surface area contributed by atoms with E-state index >= 15 is 0 Å². The van der Waals surface area contributed by atoms with Crippen molar-refractivity contribution in [3.63, 3.8) is 0 Å². The van der Waals surface area contributed by atoms with Crippen LogP contribution in [-0.2, 0) is 11.3 Å². The van der Waals surface area contributed by atoms with E-state index in [0.717, 1.165) is 5.56 Å². The molecular formula is C20H16Cl2N2O2. The van der Waals surface area contributed by atoms with Crippen molar-refractivity contribution in [2.45, 2.75) is 6.54 Å². The monoisotopic (exact) mass is 386 g/mol. The molecule has 0 bridgehead atoms. The Labute approximate surface area is 162 Å². The first-order valence-electron chi connectivity index (χ1n) is 7.66. The maximum absolute atomic E-state index is 12.3. The summed E-state index contributed by atoms with van der Waals surface area (Å²) >= 11 is 11.9. The highest BCUT2D eigenvalue weighted by atomic mass is 35.5. The lowest BCUT2D eigenvalue weighted by Crippen LogP contribution is -2.29. The molecule has 1 N–H and O–H groups in total. The van der Waals surface area contributed by atoms with Crippen LogP contribution in [0.15, 0.2) is 55.1 Å². The average molecular weight is 387 g/mol. The molecule has 0 aliphatic rings. The van der Waals surface area contributed by atoms with Gasteiger partial charge in [-0.15, -0.1) is 6.42 Å². The molecule has 0 radical (unpaired) electrons. The van der Waals surface area contributed by atoms with Gasteiger partial charge in [0.05, 0.1) is 6.54 Å². The van der Waals surface area contributed by atoms with E-state index in [-0.39, 0.29) is 24.9 Å². The Bertz CT molecular complexity index is 870. The van der Waals surface area contributed by atoms with Crippen LogP contribution in [0.1, 0.15) is 15.9 Å². The van der Waals surface area contributed by atoms with Gasteiger partial charge in [0, 0.05) is 27.8 Å². The molecule has 26 heavy (non-hydrogen) atoms. The summed E-state index contributed by atoms with van der Waals surface area (Å²) in [5.74, 6) is 1.85. The maximum Gasteiger partial charge on any atom is 0.251 e. The number of anilines is 1. The van der Waals surface area contributed by atoms with Crippen LogP contribution in [0.25, 0.3) is 0 Å². The van der Waals surface area contributed by atoms with Gasteiger partial charge in [0.2, 0.25) is 0 Å². The molecule has 0 heterocycles. The van der Waals surface area contributed by atoms with Crippen molar-refractivity contribution >= 4 is 40.7 Å². The third-order valence-electron chi connectivity index (χ3n) is 3.59. The number of carbonyl (C=O) groups is 2. The number of rotatable bonds is 6. The van der Waals surface area contributed by atoms with Gasteiger partial charge in [-0.25, -0.2) is 0 Å². The summed E-state index contributed by atoms with van der Waals surface area (Å²) in [6.07, 6.45) is 6.48. The number of hydrogen-bond donors (Lipinski definition) is 1. The third-order valence-corrected chi connectivity index (χ3v) is 4.17. The SMILES string of the molecule is C#CCN(C(=O)C=C)c1ccc(C(=O)NCc2ccc(Cl)cc2Cl)cc1. The second-order valence-electron chi connectivity index (χ2n) is 5.30. The zero-order valence-corrected chi connectivity index (χ0v) is 15.3.